The van der Waals surface area contributed by atoms with E-state index in [1.807, 2.05) is 7.05 Å². The van der Waals surface area contributed by atoms with Crippen LogP contribution in [0.1, 0.15) is 25.7 Å². The molecule has 1 atom stereocenters. The number of primary amides is 1. The van der Waals surface area contributed by atoms with Gasteiger partial charge in [0.05, 0.1) is 6.04 Å². The Bertz CT molecular complexity index is 260. The molecule has 0 aliphatic carbocycles. The predicted octanol–water partition coefficient (Wildman–Crippen LogP) is -0.510. The monoisotopic (exact) mass is 227 g/mol. The number of nitrogens with zero attached hydrogens (tertiary/aromatic N) is 1. The lowest BCUT2D eigenvalue weighted by Gasteiger charge is -2.29. The zero-order valence-electron chi connectivity index (χ0n) is 9.82. The number of nitrogens with two attached hydrogens (primary N) is 2. The fourth-order valence-electron chi connectivity index (χ4n) is 2.04. The molecule has 0 aromatic rings. The number of hydrogen-bond donors (Lipinski definition) is 2. The molecule has 1 fully saturated rings. The second kappa shape index (κ2) is 5.96. The first-order valence-electron chi connectivity index (χ1n) is 5.77. The van der Waals surface area contributed by atoms with Crippen LogP contribution in [0.5, 0.6) is 0 Å². The zero-order valence-corrected chi connectivity index (χ0v) is 9.82. The Balaban J connectivity index is 2.35. The third-order valence-electron chi connectivity index (χ3n) is 3.19. The van der Waals surface area contributed by atoms with Crippen molar-refractivity contribution in [3.8, 4) is 0 Å². The lowest BCUT2D eigenvalue weighted by Crippen LogP contribution is -2.41. The predicted molar refractivity (Wildman–Crippen MR) is 61.6 cm³/mol. The van der Waals surface area contributed by atoms with Crippen molar-refractivity contribution in [2.75, 3.05) is 20.1 Å². The normalized spacial score (nSPS) is 20.6. The Labute approximate surface area is 96.1 Å². The smallest absolute Gasteiger partial charge is 0.217 e. The number of carbonyl (C=O) groups excluding carboxylic acids is 2. The Morgan fingerprint density at radius 3 is 2.44 bits per heavy atom. The van der Waals surface area contributed by atoms with Gasteiger partial charge in [0, 0.05) is 12.3 Å². The summed E-state index contributed by atoms with van der Waals surface area (Å²) in [5.74, 6) is -0.236. The summed E-state index contributed by atoms with van der Waals surface area (Å²) in [6, 6.07) is -0.527. The third-order valence-corrected chi connectivity index (χ3v) is 3.19. The van der Waals surface area contributed by atoms with Crippen molar-refractivity contribution in [2.45, 2.75) is 31.7 Å². The standard InChI is InChI=1S/C11H21N3O2/c1-14-6-4-8(5-7-14)11(16)9(12)2-3-10(13)15/h8-9H,2-7,12H2,1H3,(H2,13,15). The molecule has 1 amide bonds. The van der Waals surface area contributed by atoms with Gasteiger partial charge in [0.25, 0.3) is 0 Å². The summed E-state index contributed by atoms with van der Waals surface area (Å²) in [6.07, 6.45) is 2.32. The van der Waals surface area contributed by atoms with Crippen molar-refractivity contribution in [2.24, 2.45) is 17.4 Å². The number of ketones is 1. The molecule has 16 heavy (non-hydrogen) atoms. The van der Waals surface area contributed by atoms with E-state index in [9.17, 15) is 9.59 Å². The SMILES string of the molecule is CN1CCC(C(=O)C(N)CCC(N)=O)CC1. The highest BCUT2D eigenvalue weighted by atomic mass is 16.1. The number of hydrogen-bond acceptors (Lipinski definition) is 4. The second-order valence-corrected chi connectivity index (χ2v) is 4.59. The van der Waals surface area contributed by atoms with E-state index >= 15 is 0 Å². The first kappa shape index (κ1) is 13.1. The van der Waals surface area contributed by atoms with E-state index in [1.54, 1.807) is 0 Å². The average molecular weight is 227 g/mol. The molecule has 1 saturated heterocycles. The van der Waals surface area contributed by atoms with E-state index in [1.165, 1.54) is 0 Å². The maximum absolute atomic E-state index is 11.9. The first-order chi connectivity index (χ1) is 7.50. The second-order valence-electron chi connectivity index (χ2n) is 4.59. The number of carbonyl (C=O) groups is 2. The molecule has 0 bridgehead atoms. The maximum atomic E-state index is 11.9. The molecule has 5 nitrogen and oxygen atoms in total. The van der Waals surface area contributed by atoms with Crippen molar-refractivity contribution < 1.29 is 9.59 Å². The quantitative estimate of drug-likeness (QED) is 0.662. The summed E-state index contributed by atoms with van der Waals surface area (Å²) in [5, 5.41) is 0. The summed E-state index contributed by atoms with van der Waals surface area (Å²) in [4.78, 5) is 24.7. The van der Waals surface area contributed by atoms with Gasteiger partial charge in [-0.25, -0.2) is 0 Å². The molecule has 0 saturated carbocycles. The topological polar surface area (TPSA) is 89.4 Å². The van der Waals surface area contributed by atoms with E-state index in [2.05, 4.69) is 4.90 Å². The van der Waals surface area contributed by atoms with Crippen LogP contribution >= 0.6 is 0 Å². The molecular formula is C11H21N3O2. The highest BCUT2D eigenvalue weighted by molar-refractivity contribution is 5.86. The number of likely N-dealkylation sites (tertiary alicyclic amines) is 1. The molecule has 0 aromatic heterocycles. The van der Waals surface area contributed by atoms with Gasteiger partial charge in [-0.05, 0) is 39.4 Å². The van der Waals surface area contributed by atoms with Crippen LogP contribution in [-0.2, 0) is 9.59 Å². The van der Waals surface area contributed by atoms with Crippen LogP contribution in [-0.4, -0.2) is 42.8 Å². The van der Waals surface area contributed by atoms with E-state index in [4.69, 9.17) is 11.5 Å². The number of piperidine rings is 1. The van der Waals surface area contributed by atoms with Crippen LogP contribution in [0, 0.1) is 5.92 Å². The summed E-state index contributed by atoms with van der Waals surface area (Å²) in [5.41, 5.74) is 10.8. The lowest BCUT2D eigenvalue weighted by molar-refractivity contribution is -0.125. The minimum absolute atomic E-state index is 0.0686. The molecule has 0 aromatic carbocycles. The zero-order chi connectivity index (χ0) is 12.1. The molecule has 1 heterocycles. The molecule has 4 N–H and O–H groups in total. The van der Waals surface area contributed by atoms with Gasteiger partial charge in [-0.3, -0.25) is 9.59 Å². The molecular weight excluding hydrogens is 206 g/mol. The van der Waals surface area contributed by atoms with E-state index in [-0.39, 0.29) is 18.1 Å². The molecule has 1 unspecified atom stereocenters. The van der Waals surface area contributed by atoms with Gasteiger partial charge in [-0.1, -0.05) is 0 Å². The number of Topliss-reactive ketones (excluding diaryl/α,β-unsaturated/α-hetero) is 1. The van der Waals surface area contributed by atoms with Crippen molar-refractivity contribution in [3.63, 3.8) is 0 Å². The average Bonchev–Trinajstić information content (AvgIpc) is 2.26. The van der Waals surface area contributed by atoms with Crippen LogP contribution in [0.15, 0.2) is 0 Å². The summed E-state index contributed by atoms with van der Waals surface area (Å²) < 4.78 is 0. The van der Waals surface area contributed by atoms with Crippen LogP contribution < -0.4 is 11.5 Å². The molecule has 5 heteroatoms. The van der Waals surface area contributed by atoms with Crippen LogP contribution in [0.4, 0.5) is 0 Å². The van der Waals surface area contributed by atoms with Gasteiger partial charge in [0.1, 0.15) is 0 Å². The minimum atomic E-state index is -0.527. The molecule has 1 rings (SSSR count). The van der Waals surface area contributed by atoms with Gasteiger partial charge in [-0.2, -0.15) is 0 Å². The Hall–Kier alpha value is -0.940. The molecule has 1 aliphatic rings. The minimum Gasteiger partial charge on any atom is -0.370 e. The van der Waals surface area contributed by atoms with Gasteiger partial charge < -0.3 is 16.4 Å². The Morgan fingerprint density at radius 1 is 1.38 bits per heavy atom. The van der Waals surface area contributed by atoms with Gasteiger partial charge >= 0.3 is 0 Å². The first-order valence-corrected chi connectivity index (χ1v) is 5.77. The third kappa shape index (κ3) is 3.90. The lowest BCUT2D eigenvalue weighted by atomic mass is 9.88. The molecule has 1 aliphatic heterocycles. The summed E-state index contributed by atoms with van der Waals surface area (Å²) >= 11 is 0. The van der Waals surface area contributed by atoms with Crippen molar-refractivity contribution in [1.82, 2.24) is 4.90 Å². The molecule has 0 radical (unpaired) electrons. The van der Waals surface area contributed by atoms with E-state index < -0.39 is 11.9 Å². The van der Waals surface area contributed by atoms with Crippen molar-refractivity contribution in [1.29, 1.82) is 0 Å². The summed E-state index contributed by atoms with van der Waals surface area (Å²) in [6.45, 7) is 1.89. The van der Waals surface area contributed by atoms with Gasteiger partial charge in [-0.15, -0.1) is 0 Å². The van der Waals surface area contributed by atoms with Crippen LogP contribution in [0.2, 0.25) is 0 Å². The van der Waals surface area contributed by atoms with Crippen molar-refractivity contribution in [3.05, 3.63) is 0 Å². The summed E-state index contributed by atoms with van der Waals surface area (Å²) in [7, 11) is 2.05. The van der Waals surface area contributed by atoms with Crippen LogP contribution in [0.25, 0.3) is 0 Å². The van der Waals surface area contributed by atoms with Crippen molar-refractivity contribution >= 4 is 11.7 Å². The fourth-order valence-corrected chi connectivity index (χ4v) is 2.04. The number of rotatable bonds is 5. The van der Waals surface area contributed by atoms with Crippen LogP contribution in [0.3, 0.4) is 0 Å². The number of amides is 1. The Kier molecular flexibility index (Phi) is 4.89. The largest absolute Gasteiger partial charge is 0.370 e. The van der Waals surface area contributed by atoms with E-state index in [0.717, 1.165) is 25.9 Å². The van der Waals surface area contributed by atoms with E-state index in [0.29, 0.717) is 6.42 Å². The fraction of sp³-hybridized carbons (Fsp3) is 0.818. The Morgan fingerprint density at radius 2 is 1.94 bits per heavy atom. The highest BCUT2D eigenvalue weighted by Crippen LogP contribution is 2.18. The highest BCUT2D eigenvalue weighted by Gasteiger charge is 2.27. The maximum Gasteiger partial charge on any atom is 0.217 e. The molecule has 0 spiro atoms. The van der Waals surface area contributed by atoms with Gasteiger partial charge in [0.2, 0.25) is 5.91 Å². The molecule has 92 valence electrons. The van der Waals surface area contributed by atoms with Gasteiger partial charge in [0.15, 0.2) is 5.78 Å².